The molecule has 128 valence electrons. The second kappa shape index (κ2) is 8.70. The number of likely N-dealkylation sites (N-methyl/N-ethyl adjacent to an activating group) is 1. The molecule has 0 spiro atoms. The zero-order valence-corrected chi connectivity index (χ0v) is 14.2. The Hall–Kier alpha value is -1.05. The maximum atomic E-state index is 4.23. The third-order valence-electron chi connectivity index (χ3n) is 4.97. The molecule has 1 aromatic rings. The molecule has 0 aliphatic carbocycles. The summed E-state index contributed by atoms with van der Waals surface area (Å²) < 4.78 is 0. The predicted molar refractivity (Wildman–Crippen MR) is 93.0 cm³/mol. The largest absolute Gasteiger partial charge is 0.316 e. The van der Waals surface area contributed by atoms with Gasteiger partial charge in [-0.1, -0.05) is 6.07 Å². The zero-order chi connectivity index (χ0) is 15.9. The molecular formula is C17H30N6. The van der Waals surface area contributed by atoms with E-state index < -0.39 is 0 Å². The maximum absolute atomic E-state index is 4.23. The van der Waals surface area contributed by atoms with Crippen LogP contribution in [0.15, 0.2) is 24.5 Å². The van der Waals surface area contributed by atoms with Crippen LogP contribution in [0.25, 0.3) is 0 Å². The van der Waals surface area contributed by atoms with Crippen LogP contribution in [0.4, 0.5) is 0 Å². The third-order valence-corrected chi connectivity index (χ3v) is 4.97. The molecule has 3 rings (SSSR count). The first kappa shape index (κ1) is 16.8. The van der Waals surface area contributed by atoms with Crippen molar-refractivity contribution >= 4 is 0 Å². The van der Waals surface area contributed by atoms with Crippen molar-refractivity contribution in [3.8, 4) is 0 Å². The molecule has 0 aromatic carbocycles. The Labute approximate surface area is 139 Å². The molecule has 0 bridgehead atoms. The molecule has 3 heterocycles. The fraction of sp³-hybridized carbons (Fsp3) is 0.706. The molecule has 1 aromatic heterocycles. The van der Waals surface area contributed by atoms with Crippen LogP contribution in [-0.2, 0) is 0 Å². The average Bonchev–Trinajstić information content (AvgIpc) is 3.05. The van der Waals surface area contributed by atoms with E-state index in [-0.39, 0.29) is 0 Å². The quantitative estimate of drug-likeness (QED) is 0.619. The Morgan fingerprint density at radius 3 is 2.96 bits per heavy atom. The fourth-order valence-electron chi connectivity index (χ4n) is 3.43. The minimum Gasteiger partial charge on any atom is -0.316 e. The van der Waals surface area contributed by atoms with Gasteiger partial charge in [0.25, 0.3) is 0 Å². The normalized spacial score (nSPS) is 26.7. The summed E-state index contributed by atoms with van der Waals surface area (Å²) in [7, 11) is 2.21. The zero-order valence-electron chi connectivity index (χ0n) is 14.2. The molecule has 2 aliphatic rings. The van der Waals surface area contributed by atoms with Gasteiger partial charge in [-0.25, -0.2) is 5.43 Å². The minimum atomic E-state index is 0.355. The first-order valence-corrected chi connectivity index (χ1v) is 8.83. The number of pyridine rings is 1. The molecule has 2 saturated heterocycles. The highest BCUT2D eigenvalue weighted by Gasteiger charge is 2.27. The molecule has 2 fully saturated rings. The molecule has 2 aliphatic heterocycles. The SMILES string of the molecule is CN1CCN(CCCNCC2CNNC2c2cccnc2)CC1. The van der Waals surface area contributed by atoms with Crippen molar-refractivity contribution in [1.82, 2.24) is 31.0 Å². The Balaban J connectivity index is 1.32. The number of rotatable bonds is 7. The second-order valence-corrected chi connectivity index (χ2v) is 6.75. The summed E-state index contributed by atoms with van der Waals surface area (Å²) in [5, 5.41) is 3.64. The van der Waals surface area contributed by atoms with Gasteiger partial charge in [-0.15, -0.1) is 0 Å². The lowest BCUT2D eigenvalue weighted by atomic mass is 9.96. The van der Waals surface area contributed by atoms with Crippen molar-refractivity contribution in [2.24, 2.45) is 5.92 Å². The lowest BCUT2D eigenvalue weighted by Gasteiger charge is -2.32. The van der Waals surface area contributed by atoms with Crippen LogP contribution < -0.4 is 16.2 Å². The lowest BCUT2D eigenvalue weighted by molar-refractivity contribution is 0.152. The summed E-state index contributed by atoms with van der Waals surface area (Å²) in [6.45, 7) is 9.22. The van der Waals surface area contributed by atoms with E-state index in [0.717, 1.165) is 19.6 Å². The number of nitrogens with zero attached hydrogens (tertiary/aromatic N) is 3. The van der Waals surface area contributed by atoms with Crippen molar-refractivity contribution in [1.29, 1.82) is 0 Å². The van der Waals surface area contributed by atoms with Crippen LogP contribution in [0.3, 0.4) is 0 Å². The molecule has 0 saturated carbocycles. The molecule has 0 radical (unpaired) electrons. The van der Waals surface area contributed by atoms with E-state index in [2.05, 4.69) is 44.1 Å². The minimum absolute atomic E-state index is 0.355. The van der Waals surface area contributed by atoms with Gasteiger partial charge in [0.05, 0.1) is 6.04 Å². The Morgan fingerprint density at radius 1 is 1.30 bits per heavy atom. The molecule has 3 N–H and O–H groups in total. The number of hydrogen-bond acceptors (Lipinski definition) is 6. The van der Waals surface area contributed by atoms with Crippen LogP contribution in [0.2, 0.25) is 0 Å². The van der Waals surface area contributed by atoms with Gasteiger partial charge in [-0.3, -0.25) is 10.4 Å². The van der Waals surface area contributed by atoms with Gasteiger partial charge in [0.2, 0.25) is 0 Å². The summed E-state index contributed by atoms with van der Waals surface area (Å²) in [6, 6.07) is 4.52. The van der Waals surface area contributed by atoms with Gasteiger partial charge in [0.15, 0.2) is 0 Å². The van der Waals surface area contributed by atoms with Gasteiger partial charge in [-0.2, -0.15) is 0 Å². The topological polar surface area (TPSA) is 55.5 Å². The maximum Gasteiger partial charge on any atom is 0.0530 e. The highest BCUT2D eigenvalue weighted by atomic mass is 15.4. The van der Waals surface area contributed by atoms with Crippen molar-refractivity contribution in [3.63, 3.8) is 0 Å². The summed E-state index contributed by atoms with van der Waals surface area (Å²) in [6.07, 6.45) is 5.03. The van der Waals surface area contributed by atoms with Crippen LogP contribution in [-0.4, -0.2) is 74.2 Å². The van der Waals surface area contributed by atoms with Crippen LogP contribution in [0, 0.1) is 5.92 Å². The average molecular weight is 318 g/mol. The molecule has 0 amide bonds. The molecule has 2 unspecified atom stereocenters. The van der Waals surface area contributed by atoms with Gasteiger partial charge in [0.1, 0.15) is 0 Å². The van der Waals surface area contributed by atoms with Crippen molar-refractivity contribution in [2.75, 3.05) is 59.4 Å². The Kier molecular flexibility index (Phi) is 6.36. The first-order chi connectivity index (χ1) is 11.3. The van der Waals surface area contributed by atoms with E-state index in [1.54, 1.807) is 0 Å². The summed E-state index contributed by atoms with van der Waals surface area (Å²) in [4.78, 5) is 9.23. The first-order valence-electron chi connectivity index (χ1n) is 8.83. The van der Waals surface area contributed by atoms with E-state index in [0.29, 0.717) is 12.0 Å². The molecule has 2 atom stereocenters. The fourth-order valence-corrected chi connectivity index (χ4v) is 3.43. The molecule has 6 nitrogen and oxygen atoms in total. The van der Waals surface area contributed by atoms with E-state index in [1.807, 2.05) is 18.5 Å². The standard InChI is InChI=1S/C17H30N6/c1-22-8-10-23(11-9-22)7-3-6-19-13-16-14-20-21-17(16)15-4-2-5-18-12-15/h2,4-5,12,16-17,19-21H,3,6-11,13-14H2,1H3. The van der Waals surface area contributed by atoms with E-state index in [4.69, 9.17) is 0 Å². The lowest BCUT2D eigenvalue weighted by Crippen LogP contribution is -2.45. The smallest absolute Gasteiger partial charge is 0.0530 e. The Morgan fingerprint density at radius 2 is 2.17 bits per heavy atom. The highest BCUT2D eigenvalue weighted by molar-refractivity contribution is 5.16. The molecule has 23 heavy (non-hydrogen) atoms. The number of hydrogen-bond donors (Lipinski definition) is 3. The number of piperazine rings is 1. The van der Waals surface area contributed by atoms with Gasteiger partial charge in [0, 0.05) is 57.6 Å². The molecular weight excluding hydrogens is 288 g/mol. The van der Waals surface area contributed by atoms with Crippen LogP contribution >= 0.6 is 0 Å². The van der Waals surface area contributed by atoms with Crippen molar-refractivity contribution < 1.29 is 0 Å². The van der Waals surface area contributed by atoms with Crippen LogP contribution in [0.5, 0.6) is 0 Å². The highest BCUT2D eigenvalue weighted by Crippen LogP contribution is 2.23. The number of hydrazine groups is 1. The van der Waals surface area contributed by atoms with Gasteiger partial charge < -0.3 is 15.1 Å². The monoisotopic (exact) mass is 318 g/mol. The van der Waals surface area contributed by atoms with E-state index >= 15 is 0 Å². The summed E-state index contributed by atoms with van der Waals surface area (Å²) >= 11 is 0. The van der Waals surface area contributed by atoms with Gasteiger partial charge in [-0.05, 0) is 38.2 Å². The second-order valence-electron chi connectivity index (χ2n) is 6.75. The number of nitrogens with one attached hydrogen (secondary N) is 3. The summed E-state index contributed by atoms with van der Waals surface area (Å²) in [5.74, 6) is 0.572. The van der Waals surface area contributed by atoms with Crippen molar-refractivity contribution in [3.05, 3.63) is 30.1 Å². The van der Waals surface area contributed by atoms with E-state index in [9.17, 15) is 0 Å². The summed E-state index contributed by atoms with van der Waals surface area (Å²) in [5.41, 5.74) is 7.93. The third kappa shape index (κ3) is 4.96. The number of aromatic nitrogens is 1. The van der Waals surface area contributed by atoms with Gasteiger partial charge >= 0.3 is 0 Å². The van der Waals surface area contributed by atoms with Crippen molar-refractivity contribution in [2.45, 2.75) is 12.5 Å². The van der Waals surface area contributed by atoms with E-state index in [1.165, 1.54) is 44.7 Å². The van der Waals surface area contributed by atoms with Crippen LogP contribution in [0.1, 0.15) is 18.0 Å². The Bertz CT molecular complexity index is 446. The molecule has 6 heteroatoms. The predicted octanol–water partition coefficient (Wildman–Crippen LogP) is 0.0738.